The number of carbonyl (C=O) groups is 1. The predicted octanol–water partition coefficient (Wildman–Crippen LogP) is 2.86. The first-order chi connectivity index (χ1) is 10.0. The number of benzene rings is 2. The molecule has 0 bridgehead atoms. The molecule has 0 saturated heterocycles. The Bertz CT molecular complexity index is 751. The molecule has 0 atom stereocenters. The number of nitro benzene ring substituents is 1. The van der Waals surface area contributed by atoms with E-state index in [-0.39, 0.29) is 22.5 Å². The van der Waals surface area contributed by atoms with Crippen molar-refractivity contribution in [3.8, 4) is 6.07 Å². The van der Waals surface area contributed by atoms with Gasteiger partial charge in [0.05, 0.1) is 16.2 Å². The zero-order valence-electron chi connectivity index (χ0n) is 10.5. The van der Waals surface area contributed by atoms with Gasteiger partial charge in [-0.2, -0.15) is 5.26 Å². The molecule has 0 aliphatic carbocycles. The molecule has 1 N–H and O–H groups in total. The molecule has 104 valence electrons. The quantitative estimate of drug-likeness (QED) is 0.692. The van der Waals surface area contributed by atoms with E-state index in [1.54, 1.807) is 6.07 Å². The van der Waals surface area contributed by atoms with Gasteiger partial charge in [-0.15, -0.1) is 0 Å². The number of nitrogens with one attached hydrogen (secondary N) is 1. The first-order valence-corrected chi connectivity index (χ1v) is 5.76. The lowest BCUT2D eigenvalue weighted by molar-refractivity contribution is -0.384. The van der Waals surface area contributed by atoms with Gasteiger partial charge < -0.3 is 5.32 Å². The minimum Gasteiger partial charge on any atom is -0.321 e. The molecule has 2 aromatic rings. The second kappa shape index (κ2) is 5.79. The van der Waals surface area contributed by atoms with Gasteiger partial charge in [0.25, 0.3) is 11.6 Å². The number of nitro groups is 1. The summed E-state index contributed by atoms with van der Waals surface area (Å²) in [5.41, 5.74) is 0.215. The van der Waals surface area contributed by atoms with E-state index in [1.807, 2.05) is 0 Å². The molecule has 0 fully saturated rings. The van der Waals surface area contributed by atoms with Crippen LogP contribution in [-0.4, -0.2) is 10.8 Å². The summed E-state index contributed by atoms with van der Waals surface area (Å²) in [7, 11) is 0. The van der Waals surface area contributed by atoms with E-state index >= 15 is 0 Å². The number of rotatable bonds is 3. The van der Waals surface area contributed by atoms with E-state index in [4.69, 9.17) is 5.26 Å². The lowest BCUT2D eigenvalue weighted by atomic mass is 10.1. The Labute approximate surface area is 118 Å². The average Bonchev–Trinajstić information content (AvgIpc) is 2.49. The first kappa shape index (κ1) is 14.1. The van der Waals surface area contributed by atoms with Crippen LogP contribution in [0.2, 0.25) is 0 Å². The van der Waals surface area contributed by atoms with Crippen molar-refractivity contribution in [1.29, 1.82) is 5.26 Å². The van der Waals surface area contributed by atoms with Crippen molar-refractivity contribution in [3.05, 3.63) is 69.5 Å². The SMILES string of the molecule is N#Cc1cc(F)ccc1NC(=O)c1ccc([N+](=O)[O-])cc1. The van der Waals surface area contributed by atoms with Crippen molar-refractivity contribution in [2.75, 3.05) is 5.32 Å². The molecule has 0 aliphatic rings. The number of amides is 1. The van der Waals surface area contributed by atoms with Crippen LogP contribution in [-0.2, 0) is 0 Å². The predicted molar refractivity (Wildman–Crippen MR) is 72.2 cm³/mol. The van der Waals surface area contributed by atoms with Crippen LogP contribution in [0.3, 0.4) is 0 Å². The number of hydrogen-bond acceptors (Lipinski definition) is 4. The number of nitrogens with zero attached hydrogens (tertiary/aromatic N) is 2. The molecule has 0 aliphatic heterocycles. The number of halogens is 1. The summed E-state index contributed by atoms with van der Waals surface area (Å²) in [6.07, 6.45) is 0. The van der Waals surface area contributed by atoms with E-state index in [9.17, 15) is 19.3 Å². The van der Waals surface area contributed by atoms with Gasteiger partial charge in [0.1, 0.15) is 11.9 Å². The van der Waals surface area contributed by atoms with Crippen LogP contribution in [0.25, 0.3) is 0 Å². The van der Waals surface area contributed by atoms with Crippen LogP contribution in [0.4, 0.5) is 15.8 Å². The van der Waals surface area contributed by atoms with Crippen molar-refractivity contribution in [2.24, 2.45) is 0 Å². The molecule has 7 heteroatoms. The van der Waals surface area contributed by atoms with E-state index in [0.29, 0.717) is 0 Å². The van der Waals surface area contributed by atoms with Crippen LogP contribution >= 0.6 is 0 Å². The minimum atomic E-state index is -0.583. The van der Waals surface area contributed by atoms with Crippen LogP contribution in [0.1, 0.15) is 15.9 Å². The summed E-state index contributed by atoms with van der Waals surface area (Å²) in [5.74, 6) is -1.13. The molecule has 0 radical (unpaired) electrons. The Balaban J connectivity index is 2.22. The maximum absolute atomic E-state index is 13.0. The number of non-ortho nitro benzene ring substituents is 1. The highest BCUT2D eigenvalue weighted by atomic mass is 19.1. The molecule has 0 aromatic heterocycles. The van der Waals surface area contributed by atoms with Gasteiger partial charge in [-0.25, -0.2) is 4.39 Å². The summed E-state index contributed by atoms with van der Waals surface area (Å²) < 4.78 is 13.0. The lowest BCUT2D eigenvalue weighted by Gasteiger charge is -2.07. The second-order valence-electron chi connectivity index (χ2n) is 4.06. The highest BCUT2D eigenvalue weighted by Crippen LogP contribution is 2.18. The summed E-state index contributed by atoms with van der Waals surface area (Å²) in [5, 5.41) is 21.9. The van der Waals surface area contributed by atoms with Crippen LogP contribution in [0.5, 0.6) is 0 Å². The van der Waals surface area contributed by atoms with Crippen molar-refractivity contribution in [2.45, 2.75) is 0 Å². The standard InChI is InChI=1S/C14H8FN3O3/c15-11-3-6-13(10(7-11)8-16)17-14(19)9-1-4-12(5-2-9)18(20)21/h1-7H,(H,17,19). The largest absolute Gasteiger partial charge is 0.321 e. The fraction of sp³-hybridized carbons (Fsp3) is 0. The summed E-state index contributed by atoms with van der Waals surface area (Å²) in [6, 6.07) is 10.2. The van der Waals surface area contributed by atoms with Crippen LogP contribution in [0.15, 0.2) is 42.5 Å². The van der Waals surface area contributed by atoms with Gasteiger partial charge in [-0.1, -0.05) is 0 Å². The van der Waals surface area contributed by atoms with Crippen molar-refractivity contribution < 1.29 is 14.1 Å². The van der Waals surface area contributed by atoms with Gasteiger partial charge in [-0.05, 0) is 30.3 Å². The molecule has 0 heterocycles. The van der Waals surface area contributed by atoms with Crippen molar-refractivity contribution in [3.63, 3.8) is 0 Å². The first-order valence-electron chi connectivity index (χ1n) is 5.76. The van der Waals surface area contributed by atoms with E-state index in [1.165, 1.54) is 30.3 Å². The molecule has 6 nitrogen and oxygen atoms in total. The summed E-state index contributed by atoms with van der Waals surface area (Å²) in [6.45, 7) is 0. The molecule has 2 aromatic carbocycles. The third-order valence-corrected chi connectivity index (χ3v) is 2.69. The third kappa shape index (κ3) is 3.19. The Kier molecular flexibility index (Phi) is 3.90. The highest BCUT2D eigenvalue weighted by molar-refractivity contribution is 6.05. The molecule has 0 saturated carbocycles. The normalized spacial score (nSPS) is 9.71. The van der Waals surface area contributed by atoms with Crippen molar-refractivity contribution in [1.82, 2.24) is 0 Å². The molecule has 0 spiro atoms. The molecular formula is C14H8FN3O3. The highest BCUT2D eigenvalue weighted by Gasteiger charge is 2.12. The van der Waals surface area contributed by atoms with Crippen LogP contribution in [0, 0.1) is 27.3 Å². The smallest absolute Gasteiger partial charge is 0.269 e. The second-order valence-corrected chi connectivity index (χ2v) is 4.06. The molecule has 21 heavy (non-hydrogen) atoms. The molecule has 0 unspecified atom stereocenters. The third-order valence-electron chi connectivity index (χ3n) is 2.69. The van der Waals surface area contributed by atoms with Crippen LogP contribution < -0.4 is 5.32 Å². The fourth-order valence-electron chi connectivity index (χ4n) is 1.65. The molecular weight excluding hydrogens is 277 g/mol. The van der Waals surface area contributed by atoms with Crippen molar-refractivity contribution >= 4 is 17.3 Å². The number of nitriles is 1. The maximum atomic E-state index is 13.0. The number of anilines is 1. The Morgan fingerprint density at radius 1 is 1.24 bits per heavy atom. The minimum absolute atomic E-state index is 0.00902. The van der Waals surface area contributed by atoms with Gasteiger partial charge in [0.15, 0.2) is 0 Å². The fourth-order valence-corrected chi connectivity index (χ4v) is 1.65. The average molecular weight is 285 g/mol. The Morgan fingerprint density at radius 3 is 2.48 bits per heavy atom. The number of hydrogen-bond donors (Lipinski definition) is 1. The number of carbonyl (C=O) groups excluding carboxylic acids is 1. The zero-order chi connectivity index (χ0) is 15.4. The van der Waals surface area contributed by atoms with Gasteiger partial charge in [0.2, 0.25) is 0 Å². The zero-order valence-corrected chi connectivity index (χ0v) is 10.5. The summed E-state index contributed by atoms with van der Waals surface area (Å²) in [4.78, 5) is 21.9. The Hall–Kier alpha value is -3.27. The monoisotopic (exact) mass is 285 g/mol. The van der Waals surface area contributed by atoms with E-state index in [0.717, 1.165) is 12.1 Å². The van der Waals surface area contributed by atoms with Gasteiger partial charge >= 0.3 is 0 Å². The van der Waals surface area contributed by atoms with Gasteiger partial charge in [0, 0.05) is 17.7 Å². The van der Waals surface area contributed by atoms with Gasteiger partial charge in [-0.3, -0.25) is 14.9 Å². The maximum Gasteiger partial charge on any atom is 0.269 e. The summed E-state index contributed by atoms with van der Waals surface area (Å²) >= 11 is 0. The van der Waals surface area contributed by atoms with E-state index in [2.05, 4.69) is 5.32 Å². The topological polar surface area (TPSA) is 96.0 Å². The van der Waals surface area contributed by atoms with E-state index < -0.39 is 16.6 Å². The molecule has 2 rings (SSSR count). The molecule has 1 amide bonds. The lowest BCUT2D eigenvalue weighted by Crippen LogP contribution is -2.13. The Morgan fingerprint density at radius 2 is 1.90 bits per heavy atom.